The second-order valence-corrected chi connectivity index (χ2v) is 10.0. The first-order valence-corrected chi connectivity index (χ1v) is 11.8. The van der Waals surface area contributed by atoms with Gasteiger partial charge in [0, 0.05) is 14.6 Å². The van der Waals surface area contributed by atoms with Crippen molar-refractivity contribution < 1.29 is 14.4 Å². The summed E-state index contributed by atoms with van der Waals surface area (Å²) >= 11 is 4.49. The second kappa shape index (κ2) is 9.54. The molecule has 0 fully saturated rings. The average molecular weight is 431 g/mol. The van der Waals surface area contributed by atoms with Crippen molar-refractivity contribution in [3.05, 3.63) is 65.7 Å². The van der Waals surface area contributed by atoms with Gasteiger partial charge in [-0.05, 0) is 42.8 Å². The van der Waals surface area contributed by atoms with E-state index in [2.05, 4.69) is 6.92 Å². The van der Waals surface area contributed by atoms with Gasteiger partial charge in [-0.25, -0.2) is 0 Å². The summed E-state index contributed by atoms with van der Waals surface area (Å²) in [5.41, 5.74) is -0.433. The third-order valence-electron chi connectivity index (χ3n) is 4.90. The van der Waals surface area contributed by atoms with Crippen molar-refractivity contribution in [2.45, 2.75) is 44.4 Å². The van der Waals surface area contributed by atoms with Crippen LogP contribution in [-0.4, -0.2) is 18.9 Å². The van der Waals surface area contributed by atoms with Crippen molar-refractivity contribution in [2.75, 3.05) is 0 Å². The van der Waals surface area contributed by atoms with Gasteiger partial charge in [0.2, 0.25) is 0 Å². The Labute approximate surface area is 177 Å². The molecule has 0 bridgehead atoms. The van der Waals surface area contributed by atoms with E-state index in [0.717, 1.165) is 59.2 Å². The standard InChI is InChI=1S/C22H22O3S3/c1-2-3-4-5-12-22(19-9-6-16(13-23)26-19,20-10-7-17(14-24)27-20)21-11-8-18(15-25)28-21/h6-11,13-15H,2-5,12H2,1H3. The first-order chi connectivity index (χ1) is 13.7. The first kappa shape index (κ1) is 20.8. The van der Waals surface area contributed by atoms with Gasteiger partial charge in [-0.3, -0.25) is 14.4 Å². The van der Waals surface area contributed by atoms with Gasteiger partial charge in [0.1, 0.15) is 0 Å². The molecule has 0 N–H and O–H groups in total. The fourth-order valence-corrected chi connectivity index (χ4v) is 6.89. The summed E-state index contributed by atoms with van der Waals surface area (Å²) in [5.74, 6) is 0. The van der Waals surface area contributed by atoms with E-state index in [9.17, 15) is 14.4 Å². The number of rotatable bonds is 11. The van der Waals surface area contributed by atoms with E-state index >= 15 is 0 Å². The summed E-state index contributed by atoms with van der Waals surface area (Å²) < 4.78 is 0. The Morgan fingerprint density at radius 2 is 1.11 bits per heavy atom. The first-order valence-electron chi connectivity index (χ1n) is 9.34. The summed E-state index contributed by atoms with van der Waals surface area (Å²) in [6, 6.07) is 11.6. The number of hydrogen-bond donors (Lipinski definition) is 0. The van der Waals surface area contributed by atoms with Crippen molar-refractivity contribution in [1.82, 2.24) is 0 Å². The molecule has 0 spiro atoms. The number of aldehydes is 3. The SMILES string of the molecule is CCCCCCC(c1ccc(C=O)s1)(c1ccc(C=O)s1)c1ccc(C=O)s1. The van der Waals surface area contributed by atoms with Crippen LogP contribution >= 0.6 is 34.0 Å². The van der Waals surface area contributed by atoms with Gasteiger partial charge < -0.3 is 0 Å². The van der Waals surface area contributed by atoms with E-state index in [4.69, 9.17) is 0 Å². The third kappa shape index (κ3) is 4.09. The predicted octanol–water partition coefficient (Wildman–Crippen LogP) is 6.61. The molecular formula is C22H22O3S3. The van der Waals surface area contributed by atoms with Crippen molar-refractivity contribution in [3.8, 4) is 0 Å². The van der Waals surface area contributed by atoms with Crippen LogP contribution in [0.2, 0.25) is 0 Å². The van der Waals surface area contributed by atoms with Crippen LogP contribution in [0.3, 0.4) is 0 Å². The van der Waals surface area contributed by atoms with Gasteiger partial charge in [-0.2, -0.15) is 0 Å². The fourth-order valence-electron chi connectivity index (χ4n) is 3.49. The summed E-state index contributed by atoms with van der Waals surface area (Å²) in [5, 5.41) is 0. The molecule has 3 aromatic heterocycles. The monoisotopic (exact) mass is 430 g/mol. The lowest BCUT2D eigenvalue weighted by molar-refractivity contribution is 0.111. The molecule has 0 saturated carbocycles. The maximum absolute atomic E-state index is 11.3. The minimum absolute atomic E-state index is 0.433. The Bertz CT molecular complexity index is 835. The molecule has 0 amide bonds. The van der Waals surface area contributed by atoms with Crippen LogP contribution in [0.5, 0.6) is 0 Å². The minimum atomic E-state index is -0.433. The van der Waals surface area contributed by atoms with Crippen molar-refractivity contribution in [3.63, 3.8) is 0 Å². The maximum Gasteiger partial charge on any atom is 0.160 e. The smallest absolute Gasteiger partial charge is 0.160 e. The Kier molecular flexibility index (Phi) is 7.10. The molecule has 0 radical (unpaired) electrons. The van der Waals surface area contributed by atoms with Crippen molar-refractivity contribution >= 4 is 52.9 Å². The highest BCUT2D eigenvalue weighted by Gasteiger charge is 2.40. The largest absolute Gasteiger partial charge is 0.297 e. The van der Waals surface area contributed by atoms with Gasteiger partial charge in [0.15, 0.2) is 18.9 Å². The molecule has 0 aliphatic heterocycles. The maximum atomic E-state index is 11.3. The van der Waals surface area contributed by atoms with Gasteiger partial charge in [0.05, 0.1) is 20.0 Å². The Morgan fingerprint density at radius 1 is 0.679 bits per heavy atom. The zero-order valence-corrected chi connectivity index (χ0v) is 18.1. The number of unbranched alkanes of at least 4 members (excludes halogenated alkanes) is 3. The van der Waals surface area contributed by atoms with Gasteiger partial charge in [0.25, 0.3) is 0 Å². The van der Waals surface area contributed by atoms with Crippen LogP contribution < -0.4 is 0 Å². The molecule has 0 aromatic carbocycles. The zero-order chi connectivity index (χ0) is 20.0. The lowest BCUT2D eigenvalue weighted by atomic mass is 9.78. The number of carbonyl (C=O) groups excluding carboxylic acids is 3. The van der Waals surface area contributed by atoms with Crippen molar-refractivity contribution in [2.24, 2.45) is 0 Å². The molecule has 3 heterocycles. The predicted molar refractivity (Wildman–Crippen MR) is 118 cm³/mol. The molecule has 0 atom stereocenters. The molecular weight excluding hydrogens is 408 g/mol. The molecule has 0 saturated heterocycles. The summed E-state index contributed by atoms with van der Waals surface area (Å²) in [7, 11) is 0. The van der Waals surface area contributed by atoms with E-state index in [1.807, 2.05) is 36.4 Å². The van der Waals surface area contributed by atoms with Crippen LogP contribution in [-0.2, 0) is 5.41 Å². The molecule has 0 aliphatic rings. The number of thiophene rings is 3. The Hall–Kier alpha value is -1.89. The molecule has 3 nitrogen and oxygen atoms in total. The number of hydrogen-bond acceptors (Lipinski definition) is 6. The van der Waals surface area contributed by atoms with E-state index in [-0.39, 0.29) is 0 Å². The molecule has 3 rings (SSSR count). The minimum Gasteiger partial charge on any atom is -0.297 e. The highest BCUT2D eigenvalue weighted by molar-refractivity contribution is 7.17. The second-order valence-electron chi connectivity index (χ2n) is 6.68. The lowest BCUT2D eigenvalue weighted by Crippen LogP contribution is -2.26. The van der Waals surface area contributed by atoms with Gasteiger partial charge in [-0.1, -0.05) is 32.6 Å². The zero-order valence-electron chi connectivity index (χ0n) is 15.7. The van der Waals surface area contributed by atoms with E-state index in [1.165, 1.54) is 40.4 Å². The Balaban J connectivity index is 2.18. The molecule has 3 aromatic rings. The van der Waals surface area contributed by atoms with Crippen LogP contribution in [0.4, 0.5) is 0 Å². The molecule has 28 heavy (non-hydrogen) atoms. The van der Waals surface area contributed by atoms with Crippen LogP contribution in [0.15, 0.2) is 36.4 Å². The normalized spacial score (nSPS) is 11.5. The third-order valence-corrected chi connectivity index (χ3v) is 8.41. The highest BCUT2D eigenvalue weighted by atomic mass is 32.1. The summed E-state index contributed by atoms with van der Waals surface area (Å²) in [6.45, 7) is 2.19. The average Bonchev–Trinajstić information content (AvgIpc) is 3.48. The number of carbonyl (C=O) groups is 3. The van der Waals surface area contributed by atoms with Crippen LogP contribution in [0, 0.1) is 0 Å². The quantitative estimate of drug-likeness (QED) is 0.254. The van der Waals surface area contributed by atoms with E-state index < -0.39 is 5.41 Å². The summed E-state index contributed by atoms with van der Waals surface area (Å²) in [6.07, 6.45) is 8.01. The molecule has 146 valence electrons. The van der Waals surface area contributed by atoms with Gasteiger partial charge >= 0.3 is 0 Å². The summed E-state index contributed by atoms with van der Waals surface area (Å²) in [4.78, 5) is 39.4. The van der Waals surface area contributed by atoms with Gasteiger partial charge in [-0.15, -0.1) is 34.0 Å². The van der Waals surface area contributed by atoms with Crippen LogP contribution in [0.25, 0.3) is 0 Å². The van der Waals surface area contributed by atoms with Crippen molar-refractivity contribution in [1.29, 1.82) is 0 Å². The van der Waals surface area contributed by atoms with E-state index in [1.54, 1.807) is 0 Å². The molecule has 6 heteroatoms. The van der Waals surface area contributed by atoms with Crippen LogP contribution in [0.1, 0.15) is 82.7 Å². The topological polar surface area (TPSA) is 51.2 Å². The lowest BCUT2D eigenvalue weighted by Gasteiger charge is -2.32. The highest BCUT2D eigenvalue weighted by Crippen LogP contribution is 2.50. The Morgan fingerprint density at radius 3 is 1.43 bits per heavy atom. The molecule has 0 unspecified atom stereocenters. The molecule has 0 aliphatic carbocycles. The fraction of sp³-hybridized carbons (Fsp3) is 0.318. The van der Waals surface area contributed by atoms with E-state index in [0.29, 0.717) is 14.6 Å².